The lowest BCUT2D eigenvalue weighted by molar-refractivity contribution is 0.0599. The van der Waals surface area contributed by atoms with Gasteiger partial charge in [-0.2, -0.15) is 0 Å². The van der Waals surface area contributed by atoms with Gasteiger partial charge in [0.2, 0.25) is 0 Å². The molecule has 122 valence electrons. The van der Waals surface area contributed by atoms with Gasteiger partial charge in [-0.3, -0.25) is 14.3 Å². The summed E-state index contributed by atoms with van der Waals surface area (Å²) in [5.74, 6) is -2.67. The first-order valence-corrected chi connectivity index (χ1v) is 6.99. The number of esters is 1. The summed E-state index contributed by atoms with van der Waals surface area (Å²) in [4.78, 5) is 28.6. The molecule has 0 aliphatic rings. The largest absolute Gasteiger partial charge is 0.465 e. The monoisotopic (exact) mass is 330 g/mol. The van der Waals surface area contributed by atoms with E-state index in [4.69, 9.17) is 0 Å². The van der Waals surface area contributed by atoms with Crippen LogP contribution in [-0.4, -0.2) is 22.6 Å². The molecule has 0 unspecified atom stereocenters. The first kappa shape index (κ1) is 15.8. The third-order valence-corrected chi connectivity index (χ3v) is 3.66. The van der Waals surface area contributed by atoms with Crippen LogP contribution in [0.15, 0.2) is 41.3 Å². The highest BCUT2D eigenvalue weighted by molar-refractivity contribution is 5.94. The van der Waals surface area contributed by atoms with Crippen LogP contribution < -0.4 is 5.56 Å². The zero-order valence-corrected chi connectivity index (χ0v) is 12.8. The molecule has 0 radical (unpaired) electrons. The predicted molar refractivity (Wildman–Crippen MR) is 83.3 cm³/mol. The quantitative estimate of drug-likeness (QED) is 0.678. The van der Waals surface area contributed by atoms with Crippen molar-refractivity contribution < 1.29 is 18.3 Å². The Labute approximate surface area is 135 Å². The molecule has 0 atom stereocenters. The normalized spacial score (nSPS) is 10.8. The number of rotatable bonds is 2. The van der Waals surface area contributed by atoms with E-state index in [2.05, 4.69) is 9.72 Å². The number of fused-ring (bicyclic) bond motifs is 1. The van der Waals surface area contributed by atoms with Crippen LogP contribution >= 0.6 is 0 Å². The Balaban J connectivity index is 2.26. The number of hydrogen-bond acceptors (Lipinski definition) is 4. The van der Waals surface area contributed by atoms with Gasteiger partial charge in [0.15, 0.2) is 11.6 Å². The van der Waals surface area contributed by atoms with Gasteiger partial charge in [0.1, 0.15) is 0 Å². The lowest BCUT2D eigenvalue weighted by Crippen LogP contribution is -2.19. The number of hydrogen-bond donors (Lipinski definition) is 0. The van der Waals surface area contributed by atoms with E-state index in [1.54, 1.807) is 13.0 Å². The summed E-state index contributed by atoms with van der Waals surface area (Å²) < 4.78 is 32.3. The number of carbonyl (C=O) groups is 1. The fourth-order valence-corrected chi connectivity index (χ4v) is 2.42. The van der Waals surface area contributed by atoms with E-state index in [-0.39, 0.29) is 16.6 Å². The maximum Gasteiger partial charge on any atom is 0.339 e. The number of methoxy groups -OCH3 is 1. The van der Waals surface area contributed by atoms with Crippen molar-refractivity contribution in [3.05, 3.63) is 69.8 Å². The summed E-state index contributed by atoms with van der Waals surface area (Å²) in [5, 5.41) is 0.174. The smallest absolute Gasteiger partial charge is 0.339 e. The minimum Gasteiger partial charge on any atom is -0.465 e. The predicted octanol–water partition coefficient (Wildman–Crippen LogP) is 2.76. The standard InChI is InChI=1S/C17H12F2N2O3/c1-9-11(17(23)24-2)8-12-15(20-9)5-6-21(16(12)22)10-3-4-13(18)14(19)7-10/h3-8H,1-2H3. The van der Waals surface area contributed by atoms with E-state index in [0.29, 0.717) is 11.2 Å². The second kappa shape index (κ2) is 5.84. The zero-order chi connectivity index (χ0) is 17.4. The summed E-state index contributed by atoms with van der Waals surface area (Å²) in [6.45, 7) is 1.63. The van der Waals surface area contributed by atoms with E-state index in [1.807, 2.05) is 0 Å². The summed E-state index contributed by atoms with van der Waals surface area (Å²) in [5.41, 5.74) is 0.658. The molecule has 2 heterocycles. The molecule has 0 amide bonds. The Morgan fingerprint density at radius 2 is 1.92 bits per heavy atom. The first-order valence-electron chi connectivity index (χ1n) is 6.99. The van der Waals surface area contributed by atoms with Crippen LogP contribution in [0.1, 0.15) is 16.1 Å². The number of ether oxygens (including phenoxy) is 1. The van der Waals surface area contributed by atoms with Crippen molar-refractivity contribution in [2.24, 2.45) is 0 Å². The Morgan fingerprint density at radius 1 is 1.17 bits per heavy atom. The van der Waals surface area contributed by atoms with E-state index in [1.165, 1.54) is 25.4 Å². The van der Waals surface area contributed by atoms with E-state index >= 15 is 0 Å². The number of benzene rings is 1. The fraction of sp³-hybridized carbons (Fsp3) is 0.118. The van der Waals surface area contributed by atoms with Gasteiger partial charge < -0.3 is 4.74 Å². The van der Waals surface area contributed by atoms with Crippen molar-refractivity contribution in [1.82, 2.24) is 9.55 Å². The van der Waals surface area contributed by atoms with Crippen molar-refractivity contribution in [2.75, 3.05) is 7.11 Å². The molecule has 24 heavy (non-hydrogen) atoms. The first-order chi connectivity index (χ1) is 11.4. The van der Waals surface area contributed by atoms with Gasteiger partial charge in [-0.1, -0.05) is 0 Å². The van der Waals surface area contributed by atoms with Gasteiger partial charge in [0.25, 0.3) is 5.56 Å². The van der Waals surface area contributed by atoms with E-state index in [9.17, 15) is 18.4 Å². The topological polar surface area (TPSA) is 61.2 Å². The van der Waals surface area contributed by atoms with Gasteiger partial charge in [0, 0.05) is 12.3 Å². The number of aromatic nitrogens is 2. The minimum atomic E-state index is -1.06. The lowest BCUT2D eigenvalue weighted by atomic mass is 10.1. The average molecular weight is 330 g/mol. The van der Waals surface area contributed by atoms with Crippen LogP contribution in [0.5, 0.6) is 0 Å². The van der Waals surface area contributed by atoms with Crippen molar-refractivity contribution in [3.8, 4) is 5.69 Å². The number of nitrogens with zero attached hydrogens (tertiary/aromatic N) is 2. The number of carbonyl (C=O) groups excluding carboxylic acids is 1. The van der Waals surface area contributed by atoms with Crippen molar-refractivity contribution in [3.63, 3.8) is 0 Å². The molecule has 0 saturated heterocycles. The molecule has 0 bridgehead atoms. The average Bonchev–Trinajstić information content (AvgIpc) is 2.57. The maximum atomic E-state index is 13.4. The second-order valence-corrected chi connectivity index (χ2v) is 5.14. The zero-order valence-electron chi connectivity index (χ0n) is 12.8. The van der Waals surface area contributed by atoms with Crippen LogP contribution in [0, 0.1) is 18.6 Å². The van der Waals surface area contributed by atoms with Gasteiger partial charge in [-0.15, -0.1) is 0 Å². The number of halogens is 2. The molecule has 7 heteroatoms. The van der Waals surface area contributed by atoms with Gasteiger partial charge >= 0.3 is 5.97 Å². The molecule has 0 spiro atoms. The molecule has 3 rings (SSSR count). The summed E-state index contributed by atoms with van der Waals surface area (Å²) in [6, 6.07) is 6.10. The Bertz CT molecular complexity index is 1030. The second-order valence-electron chi connectivity index (χ2n) is 5.14. The molecule has 0 N–H and O–H groups in total. The molecule has 5 nitrogen and oxygen atoms in total. The Kier molecular flexibility index (Phi) is 3.84. The number of aryl methyl sites for hydroxylation is 1. The molecule has 0 fully saturated rings. The maximum absolute atomic E-state index is 13.4. The highest BCUT2D eigenvalue weighted by atomic mass is 19.2. The van der Waals surface area contributed by atoms with Crippen LogP contribution in [-0.2, 0) is 4.74 Å². The highest BCUT2D eigenvalue weighted by Crippen LogP contribution is 2.17. The fourth-order valence-electron chi connectivity index (χ4n) is 2.42. The van der Waals surface area contributed by atoms with Gasteiger partial charge in [0.05, 0.1) is 35.0 Å². The molecule has 0 aliphatic heterocycles. The lowest BCUT2D eigenvalue weighted by Gasteiger charge is -2.09. The van der Waals surface area contributed by atoms with Crippen LogP contribution in [0.4, 0.5) is 8.78 Å². The van der Waals surface area contributed by atoms with Crippen molar-refractivity contribution in [1.29, 1.82) is 0 Å². The van der Waals surface area contributed by atoms with Crippen LogP contribution in [0.25, 0.3) is 16.6 Å². The molecule has 0 saturated carbocycles. The molecule has 0 aliphatic carbocycles. The molecule has 3 aromatic rings. The van der Waals surface area contributed by atoms with Crippen LogP contribution in [0.3, 0.4) is 0 Å². The van der Waals surface area contributed by atoms with Crippen molar-refractivity contribution in [2.45, 2.75) is 6.92 Å². The summed E-state index contributed by atoms with van der Waals surface area (Å²) in [6.07, 6.45) is 1.42. The summed E-state index contributed by atoms with van der Waals surface area (Å²) >= 11 is 0. The third kappa shape index (κ3) is 2.54. The van der Waals surface area contributed by atoms with Crippen molar-refractivity contribution >= 4 is 16.9 Å². The molecule has 2 aromatic heterocycles. The van der Waals surface area contributed by atoms with Gasteiger partial charge in [-0.25, -0.2) is 13.6 Å². The van der Waals surface area contributed by atoms with E-state index in [0.717, 1.165) is 16.7 Å². The highest BCUT2D eigenvalue weighted by Gasteiger charge is 2.15. The van der Waals surface area contributed by atoms with Crippen LogP contribution in [0.2, 0.25) is 0 Å². The molecular weight excluding hydrogens is 318 g/mol. The molecule has 1 aromatic carbocycles. The van der Waals surface area contributed by atoms with E-state index < -0.39 is 23.2 Å². The molecular formula is C17H12F2N2O3. The minimum absolute atomic E-state index is 0.168. The summed E-state index contributed by atoms with van der Waals surface area (Å²) in [7, 11) is 1.23. The SMILES string of the molecule is COC(=O)c1cc2c(=O)n(-c3ccc(F)c(F)c3)ccc2nc1C. The van der Waals surface area contributed by atoms with Gasteiger partial charge in [-0.05, 0) is 31.2 Å². The third-order valence-electron chi connectivity index (χ3n) is 3.66. The number of pyridine rings is 2. The Hall–Kier alpha value is -3.09. The Morgan fingerprint density at radius 3 is 2.58 bits per heavy atom.